The van der Waals surface area contributed by atoms with Crippen LogP contribution in [-0.4, -0.2) is 36.5 Å². The highest BCUT2D eigenvalue weighted by Crippen LogP contribution is 2.20. The van der Waals surface area contributed by atoms with E-state index in [1.165, 1.54) is 24.3 Å². The number of halogens is 1. The Morgan fingerprint density at radius 3 is 2.65 bits per heavy atom. The Bertz CT molecular complexity index is 590. The van der Waals surface area contributed by atoms with Crippen molar-refractivity contribution in [2.45, 2.75) is 20.3 Å². The monoisotopic (exact) mass is 319 g/mol. The van der Waals surface area contributed by atoms with Gasteiger partial charge in [-0.15, -0.1) is 0 Å². The topological polar surface area (TPSA) is 46.6 Å². The lowest BCUT2D eigenvalue weighted by Crippen LogP contribution is -2.44. The number of carbonyl (C=O) groups is 2. The average Bonchev–Trinajstić information content (AvgIpc) is 2.49. The third-order valence-electron chi connectivity index (χ3n) is 3.82. The molecule has 0 spiro atoms. The fourth-order valence-corrected chi connectivity index (χ4v) is 2.91. The van der Waals surface area contributed by atoms with Gasteiger partial charge in [0.1, 0.15) is 5.82 Å². The van der Waals surface area contributed by atoms with Crippen LogP contribution in [0.15, 0.2) is 30.3 Å². The van der Waals surface area contributed by atoms with E-state index in [4.69, 9.17) is 4.74 Å². The molecule has 1 fully saturated rings. The van der Waals surface area contributed by atoms with E-state index in [-0.39, 0.29) is 18.3 Å². The summed E-state index contributed by atoms with van der Waals surface area (Å²) in [7, 11) is 0. The zero-order valence-electron chi connectivity index (χ0n) is 13.5. The summed E-state index contributed by atoms with van der Waals surface area (Å²) in [5, 5.41) is 0. The van der Waals surface area contributed by atoms with Crippen molar-refractivity contribution in [2.75, 3.05) is 19.7 Å². The number of benzene rings is 1. The maximum absolute atomic E-state index is 13.0. The smallest absolute Gasteiger partial charge is 0.331 e. The minimum Gasteiger partial charge on any atom is -0.452 e. The van der Waals surface area contributed by atoms with E-state index < -0.39 is 5.97 Å². The lowest BCUT2D eigenvalue weighted by Gasteiger charge is -2.34. The van der Waals surface area contributed by atoms with Gasteiger partial charge in [-0.05, 0) is 42.0 Å². The molecule has 2 rings (SSSR count). The molecule has 0 bridgehead atoms. The van der Waals surface area contributed by atoms with Crippen LogP contribution < -0.4 is 0 Å². The largest absolute Gasteiger partial charge is 0.452 e. The second-order valence-electron chi connectivity index (χ2n) is 6.24. The Morgan fingerprint density at radius 2 is 2.00 bits per heavy atom. The van der Waals surface area contributed by atoms with E-state index in [0.29, 0.717) is 30.5 Å². The highest BCUT2D eigenvalue weighted by Gasteiger charge is 2.25. The van der Waals surface area contributed by atoms with Crippen molar-refractivity contribution in [3.63, 3.8) is 0 Å². The number of rotatable bonds is 4. The molecule has 1 heterocycles. The highest BCUT2D eigenvalue weighted by atomic mass is 19.1. The van der Waals surface area contributed by atoms with Gasteiger partial charge in [-0.1, -0.05) is 26.0 Å². The van der Waals surface area contributed by atoms with E-state index >= 15 is 0 Å². The molecule has 1 aliphatic rings. The fourth-order valence-electron chi connectivity index (χ4n) is 2.91. The van der Waals surface area contributed by atoms with Crippen LogP contribution in [0.1, 0.15) is 25.8 Å². The standard InChI is InChI=1S/C18H22FNO3/c1-13-8-14(2)11-20(10-13)17(21)12-23-18(22)7-6-15-4-3-5-16(19)9-15/h3-7,9,13-14H,8,10-12H2,1-2H3/b7-6+/t13-,14-/m0/s1. The normalized spacial score (nSPS) is 21.4. The first-order chi connectivity index (χ1) is 10.9. The summed E-state index contributed by atoms with van der Waals surface area (Å²) in [6.07, 6.45) is 3.77. The zero-order valence-corrected chi connectivity index (χ0v) is 13.5. The lowest BCUT2D eigenvalue weighted by molar-refractivity contribution is -0.149. The minimum absolute atomic E-state index is 0.170. The van der Waals surface area contributed by atoms with Crippen molar-refractivity contribution in [2.24, 2.45) is 11.8 Å². The van der Waals surface area contributed by atoms with Crippen LogP contribution >= 0.6 is 0 Å². The molecular weight excluding hydrogens is 297 g/mol. The molecule has 1 saturated heterocycles. The van der Waals surface area contributed by atoms with Gasteiger partial charge in [0, 0.05) is 19.2 Å². The Balaban J connectivity index is 1.80. The molecule has 5 heteroatoms. The maximum Gasteiger partial charge on any atom is 0.331 e. The van der Waals surface area contributed by atoms with Crippen molar-refractivity contribution in [1.82, 2.24) is 4.90 Å². The molecule has 2 atom stereocenters. The van der Waals surface area contributed by atoms with Crippen LogP contribution in [0.2, 0.25) is 0 Å². The second kappa shape index (κ2) is 7.90. The van der Waals surface area contributed by atoms with Gasteiger partial charge in [-0.3, -0.25) is 4.79 Å². The van der Waals surface area contributed by atoms with Crippen molar-refractivity contribution < 1.29 is 18.7 Å². The Hall–Kier alpha value is -2.17. The quantitative estimate of drug-likeness (QED) is 0.633. The summed E-state index contributed by atoms with van der Waals surface area (Å²) >= 11 is 0. The molecule has 1 aromatic rings. The highest BCUT2D eigenvalue weighted by molar-refractivity contribution is 5.89. The summed E-state index contributed by atoms with van der Waals surface area (Å²) in [4.78, 5) is 25.5. The van der Waals surface area contributed by atoms with Crippen molar-refractivity contribution in [1.29, 1.82) is 0 Å². The molecule has 0 aromatic heterocycles. The van der Waals surface area contributed by atoms with Gasteiger partial charge < -0.3 is 9.64 Å². The van der Waals surface area contributed by atoms with Gasteiger partial charge in [0.2, 0.25) is 0 Å². The Kier molecular flexibility index (Phi) is 5.90. The Labute approximate surface area is 135 Å². The molecule has 1 aliphatic heterocycles. The van der Waals surface area contributed by atoms with Crippen LogP contribution in [0.4, 0.5) is 4.39 Å². The zero-order chi connectivity index (χ0) is 16.8. The number of carbonyl (C=O) groups excluding carboxylic acids is 2. The third kappa shape index (κ3) is 5.51. The van der Waals surface area contributed by atoms with E-state index in [2.05, 4.69) is 13.8 Å². The van der Waals surface area contributed by atoms with E-state index in [1.807, 2.05) is 0 Å². The first-order valence-electron chi connectivity index (χ1n) is 7.82. The molecule has 0 N–H and O–H groups in total. The van der Waals surface area contributed by atoms with Crippen molar-refractivity contribution in [3.05, 3.63) is 41.7 Å². The number of amides is 1. The minimum atomic E-state index is -0.610. The average molecular weight is 319 g/mol. The molecular formula is C18H22FNO3. The van der Waals surface area contributed by atoms with Crippen molar-refractivity contribution in [3.8, 4) is 0 Å². The van der Waals surface area contributed by atoms with Gasteiger partial charge in [0.25, 0.3) is 5.91 Å². The first kappa shape index (κ1) is 17.2. The molecule has 23 heavy (non-hydrogen) atoms. The van der Waals surface area contributed by atoms with Gasteiger partial charge in [-0.25, -0.2) is 9.18 Å². The van der Waals surface area contributed by atoms with E-state index in [1.54, 1.807) is 17.0 Å². The number of piperidine rings is 1. The van der Waals surface area contributed by atoms with Gasteiger partial charge in [0.15, 0.2) is 6.61 Å². The van der Waals surface area contributed by atoms with Crippen LogP contribution in [0.5, 0.6) is 0 Å². The van der Waals surface area contributed by atoms with E-state index in [0.717, 1.165) is 6.42 Å². The van der Waals surface area contributed by atoms with Crippen LogP contribution in [0.3, 0.4) is 0 Å². The van der Waals surface area contributed by atoms with Gasteiger partial charge in [-0.2, -0.15) is 0 Å². The number of nitrogens with zero attached hydrogens (tertiary/aromatic N) is 1. The predicted octanol–water partition coefficient (Wildman–Crippen LogP) is 2.89. The summed E-state index contributed by atoms with van der Waals surface area (Å²) in [6.45, 7) is 5.39. The van der Waals surface area contributed by atoms with Crippen LogP contribution in [0, 0.1) is 17.7 Å². The maximum atomic E-state index is 13.0. The molecule has 1 aromatic carbocycles. The summed E-state index contributed by atoms with van der Waals surface area (Å²) in [5.74, 6) is -0.224. The molecule has 0 saturated carbocycles. The number of hydrogen-bond acceptors (Lipinski definition) is 3. The lowest BCUT2D eigenvalue weighted by atomic mass is 9.92. The van der Waals surface area contributed by atoms with Crippen LogP contribution in [-0.2, 0) is 14.3 Å². The molecule has 1 amide bonds. The third-order valence-corrected chi connectivity index (χ3v) is 3.82. The molecule has 124 valence electrons. The van der Waals surface area contributed by atoms with Crippen LogP contribution in [0.25, 0.3) is 6.08 Å². The number of hydrogen-bond donors (Lipinski definition) is 0. The Morgan fingerprint density at radius 1 is 1.30 bits per heavy atom. The number of esters is 1. The fraction of sp³-hybridized carbons (Fsp3) is 0.444. The van der Waals surface area contributed by atoms with Gasteiger partial charge >= 0.3 is 5.97 Å². The SMILES string of the molecule is C[C@H]1C[C@H](C)CN(C(=O)COC(=O)/C=C/c2cccc(F)c2)C1. The van der Waals surface area contributed by atoms with E-state index in [9.17, 15) is 14.0 Å². The van der Waals surface area contributed by atoms with Gasteiger partial charge in [0.05, 0.1) is 0 Å². The first-order valence-corrected chi connectivity index (χ1v) is 7.82. The number of ether oxygens (including phenoxy) is 1. The summed E-state index contributed by atoms with van der Waals surface area (Å²) in [6, 6.07) is 5.87. The summed E-state index contributed by atoms with van der Waals surface area (Å²) in [5.41, 5.74) is 0.562. The molecule has 0 aliphatic carbocycles. The molecule has 4 nitrogen and oxygen atoms in total. The molecule has 0 radical (unpaired) electrons. The molecule has 0 unspecified atom stereocenters. The number of likely N-dealkylation sites (tertiary alicyclic amines) is 1. The summed E-state index contributed by atoms with van der Waals surface area (Å²) < 4.78 is 18.0. The second-order valence-corrected chi connectivity index (χ2v) is 6.24. The van der Waals surface area contributed by atoms with Crippen molar-refractivity contribution >= 4 is 18.0 Å². The predicted molar refractivity (Wildman–Crippen MR) is 85.9 cm³/mol.